The zero-order valence-electron chi connectivity index (χ0n) is 9.03. The van der Waals surface area contributed by atoms with Gasteiger partial charge in [0.05, 0.1) is 12.2 Å². The average molecular weight is 235 g/mol. The van der Waals surface area contributed by atoms with Gasteiger partial charge in [-0.05, 0) is 25.3 Å². The van der Waals surface area contributed by atoms with Crippen LogP contribution in [0, 0.1) is 0 Å². The summed E-state index contributed by atoms with van der Waals surface area (Å²) in [6, 6.07) is 6.91. The van der Waals surface area contributed by atoms with E-state index in [0.29, 0.717) is 17.2 Å². The maximum absolute atomic E-state index is 11.4. The van der Waals surface area contributed by atoms with E-state index in [2.05, 4.69) is 11.9 Å². The summed E-state index contributed by atoms with van der Waals surface area (Å²) in [7, 11) is 0. The fraction of sp³-hybridized carbons (Fsp3) is 0.167. The fourth-order valence-electron chi connectivity index (χ4n) is 1.15. The minimum absolute atomic E-state index is 0.323. The molecule has 0 aromatic heterocycles. The number of hydrogen-bond acceptors (Lipinski definition) is 3. The molecule has 0 atom stereocenters. The van der Waals surface area contributed by atoms with Crippen molar-refractivity contribution >= 4 is 23.2 Å². The molecule has 0 spiro atoms. The number of carbonyl (C=O) groups is 1. The molecule has 0 saturated carbocycles. The number of nitrogens with one attached hydrogen (secondary N) is 1. The fourth-order valence-corrected chi connectivity index (χ4v) is 1.37. The first kappa shape index (κ1) is 12.4. The van der Waals surface area contributed by atoms with Gasteiger partial charge in [-0.15, -0.1) is 0 Å². The lowest BCUT2D eigenvalue weighted by molar-refractivity contribution is 0.0526. The van der Waals surface area contributed by atoms with E-state index in [-0.39, 0.29) is 5.97 Å². The van der Waals surface area contributed by atoms with Gasteiger partial charge in [0, 0.05) is 5.56 Å². The van der Waals surface area contributed by atoms with Crippen LogP contribution in [0.4, 0.5) is 0 Å². The number of thiocarbonyl (C=S) groups is 1. The summed E-state index contributed by atoms with van der Waals surface area (Å²) in [4.78, 5) is 11.9. The van der Waals surface area contributed by atoms with Crippen molar-refractivity contribution in [2.24, 2.45) is 0 Å². The molecule has 84 valence electrons. The van der Waals surface area contributed by atoms with Crippen LogP contribution in [0.2, 0.25) is 0 Å². The second kappa shape index (κ2) is 6.02. The van der Waals surface area contributed by atoms with E-state index < -0.39 is 0 Å². The van der Waals surface area contributed by atoms with Crippen LogP contribution in [-0.4, -0.2) is 17.6 Å². The summed E-state index contributed by atoms with van der Waals surface area (Å²) < 4.78 is 4.87. The van der Waals surface area contributed by atoms with Crippen LogP contribution in [0.1, 0.15) is 22.8 Å². The SMILES string of the molecule is C=CNC(=S)c1ccc(C(=O)OCC)cc1. The van der Waals surface area contributed by atoms with E-state index in [1.54, 1.807) is 31.2 Å². The van der Waals surface area contributed by atoms with Crippen molar-refractivity contribution < 1.29 is 9.53 Å². The van der Waals surface area contributed by atoms with Crippen molar-refractivity contribution in [1.29, 1.82) is 0 Å². The number of ether oxygens (including phenoxy) is 1. The van der Waals surface area contributed by atoms with Gasteiger partial charge in [0.2, 0.25) is 0 Å². The van der Waals surface area contributed by atoms with Crippen LogP contribution in [0.15, 0.2) is 37.0 Å². The van der Waals surface area contributed by atoms with E-state index in [1.165, 1.54) is 6.20 Å². The Morgan fingerprint density at radius 2 is 2.00 bits per heavy atom. The third kappa shape index (κ3) is 3.17. The van der Waals surface area contributed by atoms with Crippen molar-refractivity contribution in [3.05, 3.63) is 48.2 Å². The van der Waals surface area contributed by atoms with E-state index in [1.807, 2.05) is 0 Å². The Morgan fingerprint density at radius 3 is 2.50 bits per heavy atom. The standard InChI is InChI=1S/C12H13NO2S/c1-3-13-11(16)9-5-7-10(8-6-9)12(14)15-4-2/h3,5-8H,1,4H2,2H3,(H,13,16). The quantitative estimate of drug-likeness (QED) is 0.642. The molecule has 0 saturated heterocycles. The molecule has 0 aliphatic heterocycles. The first-order chi connectivity index (χ1) is 7.69. The maximum Gasteiger partial charge on any atom is 0.338 e. The van der Waals surface area contributed by atoms with E-state index >= 15 is 0 Å². The molecule has 0 unspecified atom stereocenters. The number of rotatable bonds is 4. The van der Waals surface area contributed by atoms with Crippen molar-refractivity contribution in [3.63, 3.8) is 0 Å². The summed E-state index contributed by atoms with van der Waals surface area (Å²) in [6.45, 7) is 5.67. The van der Waals surface area contributed by atoms with Gasteiger partial charge in [0.25, 0.3) is 0 Å². The van der Waals surface area contributed by atoms with Crippen molar-refractivity contribution in [3.8, 4) is 0 Å². The molecule has 0 fully saturated rings. The largest absolute Gasteiger partial charge is 0.462 e. The Labute approximate surface area is 100 Å². The topological polar surface area (TPSA) is 38.3 Å². The van der Waals surface area contributed by atoms with Crippen LogP contribution < -0.4 is 5.32 Å². The minimum Gasteiger partial charge on any atom is -0.462 e. The second-order valence-electron chi connectivity index (χ2n) is 2.98. The summed E-state index contributed by atoms with van der Waals surface area (Å²) in [5, 5.41) is 2.81. The normalized spacial score (nSPS) is 9.31. The van der Waals surface area contributed by atoms with Crippen LogP contribution in [-0.2, 0) is 4.74 Å². The van der Waals surface area contributed by atoms with E-state index in [9.17, 15) is 4.79 Å². The smallest absolute Gasteiger partial charge is 0.338 e. The molecule has 4 heteroatoms. The van der Waals surface area contributed by atoms with Crippen molar-refractivity contribution in [1.82, 2.24) is 5.32 Å². The van der Waals surface area contributed by atoms with Gasteiger partial charge in [-0.1, -0.05) is 30.9 Å². The summed E-state index contributed by atoms with van der Waals surface area (Å²) >= 11 is 5.08. The molecule has 1 N–H and O–H groups in total. The Balaban J connectivity index is 2.78. The number of hydrogen-bond donors (Lipinski definition) is 1. The minimum atomic E-state index is -0.323. The molecule has 1 rings (SSSR count). The summed E-state index contributed by atoms with van der Waals surface area (Å²) in [5.41, 5.74) is 1.36. The highest BCUT2D eigenvalue weighted by molar-refractivity contribution is 7.80. The molecule has 3 nitrogen and oxygen atoms in total. The van der Waals surface area contributed by atoms with Crippen LogP contribution in [0.25, 0.3) is 0 Å². The number of benzene rings is 1. The van der Waals surface area contributed by atoms with Gasteiger partial charge in [-0.25, -0.2) is 4.79 Å². The van der Waals surface area contributed by atoms with E-state index in [0.717, 1.165) is 5.56 Å². The Kier molecular flexibility index (Phi) is 4.66. The molecular formula is C12H13NO2S. The molecule has 0 aliphatic carbocycles. The first-order valence-corrected chi connectivity index (χ1v) is 5.28. The van der Waals surface area contributed by atoms with Gasteiger partial charge < -0.3 is 10.1 Å². The molecule has 0 radical (unpaired) electrons. The molecule has 0 bridgehead atoms. The van der Waals surface area contributed by atoms with Crippen LogP contribution in [0.5, 0.6) is 0 Å². The Bertz CT molecular complexity index is 398. The van der Waals surface area contributed by atoms with Gasteiger partial charge >= 0.3 is 5.97 Å². The lowest BCUT2D eigenvalue weighted by atomic mass is 10.1. The summed E-state index contributed by atoms with van der Waals surface area (Å²) in [5.74, 6) is -0.323. The second-order valence-corrected chi connectivity index (χ2v) is 3.38. The predicted octanol–water partition coefficient (Wildman–Crippen LogP) is 2.27. The predicted molar refractivity (Wildman–Crippen MR) is 67.4 cm³/mol. The zero-order chi connectivity index (χ0) is 12.0. The Morgan fingerprint density at radius 1 is 1.44 bits per heavy atom. The van der Waals surface area contributed by atoms with Gasteiger partial charge in [0.1, 0.15) is 4.99 Å². The van der Waals surface area contributed by atoms with Crippen LogP contribution >= 0.6 is 12.2 Å². The average Bonchev–Trinajstić information content (AvgIpc) is 2.30. The highest BCUT2D eigenvalue weighted by Crippen LogP contribution is 2.06. The highest BCUT2D eigenvalue weighted by Gasteiger charge is 2.06. The lowest BCUT2D eigenvalue weighted by Gasteiger charge is -2.05. The third-order valence-electron chi connectivity index (χ3n) is 1.89. The van der Waals surface area contributed by atoms with E-state index in [4.69, 9.17) is 17.0 Å². The molecule has 16 heavy (non-hydrogen) atoms. The molecule has 0 heterocycles. The van der Waals surface area contributed by atoms with Crippen LogP contribution in [0.3, 0.4) is 0 Å². The lowest BCUT2D eigenvalue weighted by Crippen LogP contribution is -2.15. The van der Waals surface area contributed by atoms with Gasteiger partial charge in [0.15, 0.2) is 0 Å². The molecule has 0 aliphatic rings. The number of carbonyl (C=O) groups excluding carboxylic acids is 1. The van der Waals surface area contributed by atoms with Gasteiger partial charge in [-0.2, -0.15) is 0 Å². The molecule has 1 aromatic carbocycles. The van der Waals surface area contributed by atoms with Crippen molar-refractivity contribution in [2.45, 2.75) is 6.92 Å². The maximum atomic E-state index is 11.4. The Hall–Kier alpha value is -1.68. The first-order valence-electron chi connectivity index (χ1n) is 4.88. The van der Waals surface area contributed by atoms with Gasteiger partial charge in [-0.3, -0.25) is 0 Å². The zero-order valence-corrected chi connectivity index (χ0v) is 9.84. The highest BCUT2D eigenvalue weighted by atomic mass is 32.1. The molecule has 0 amide bonds. The molecule has 1 aromatic rings. The monoisotopic (exact) mass is 235 g/mol. The third-order valence-corrected chi connectivity index (χ3v) is 2.24. The summed E-state index contributed by atoms with van der Waals surface area (Å²) in [6.07, 6.45) is 1.52. The number of esters is 1. The molecular weight excluding hydrogens is 222 g/mol. The van der Waals surface area contributed by atoms with Crippen molar-refractivity contribution in [2.75, 3.05) is 6.61 Å².